The Hall–Kier alpha value is -2.24. The minimum Gasteiger partial charge on any atom is -0.480 e. The smallest absolute Gasteiger partial charge is 0.321 e. The zero-order valence-corrected chi connectivity index (χ0v) is 19.2. The van der Waals surface area contributed by atoms with Crippen molar-refractivity contribution in [2.24, 2.45) is 5.92 Å². The summed E-state index contributed by atoms with van der Waals surface area (Å²) in [5, 5.41) is 35.0. The number of benzene rings is 2. The van der Waals surface area contributed by atoms with Gasteiger partial charge in [0.15, 0.2) is 0 Å². The quantitative estimate of drug-likeness (QED) is 0.555. The van der Waals surface area contributed by atoms with Gasteiger partial charge in [0.1, 0.15) is 23.1 Å². The van der Waals surface area contributed by atoms with E-state index in [9.17, 15) is 20.3 Å². The molecule has 174 valence electrons. The van der Waals surface area contributed by atoms with E-state index in [2.05, 4.69) is 11.4 Å². The van der Waals surface area contributed by atoms with Gasteiger partial charge in [-0.3, -0.25) is 10.1 Å². The highest BCUT2D eigenvalue weighted by atomic mass is 35.5. The van der Waals surface area contributed by atoms with Crippen molar-refractivity contribution in [3.63, 3.8) is 0 Å². The van der Waals surface area contributed by atoms with E-state index in [1.54, 1.807) is 0 Å². The number of carbonyl (C=O) groups is 1. The second kappa shape index (κ2) is 8.52. The molecule has 3 N–H and O–H groups in total. The van der Waals surface area contributed by atoms with Crippen LogP contribution in [-0.2, 0) is 10.2 Å². The average molecular weight is 495 g/mol. The third-order valence-electron chi connectivity index (χ3n) is 7.29. The van der Waals surface area contributed by atoms with Crippen LogP contribution in [0.4, 0.5) is 8.78 Å². The van der Waals surface area contributed by atoms with E-state index in [-0.39, 0.29) is 27.1 Å². The molecule has 1 unspecified atom stereocenters. The zero-order valence-electron chi connectivity index (χ0n) is 17.7. The van der Waals surface area contributed by atoms with Crippen LogP contribution in [0.2, 0.25) is 10.0 Å². The molecule has 0 radical (unpaired) electrons. The highest BCUT2D eigenvalue weighted by Gasteiger charge is 2.66. The fraction of sp³-hybridized carbons (Fsp3) is 0.417. The summed E-state index contributed by atoms with van der Waals surface area (Å²) in [6, 6.07) is 7.18. The third-order valence-corrected chi connectivity index (χ3v) is 7.81. The van der Waals surface area contributed by atoms with Crippen molar-refractivity contribution in [2.45, 2.75) is 55.2 Å². The summed E-state index contributed by atoms with van der Waals surface area (Å²) in [6.07, 6.45) is 2.21. The molecule has 0 spiro atoms. The Morgan fingerprint density at radius 3 is 2.52 bits per heavy atom. The maximum atomic E-state index is 15.4. The third kappa shape index (κ3) is 3.60. The lowest BCUT2D eigenvalue weighted by molar-refractivity contribution is -0.139. The lowest BCUT2D eigenvalue weighted by Crippen LogP contribution is -2.61. The average Bonchev–Trinajstić information content (AvgIpc) is 3.05. The van der Waals surface area contributed by atoms with E-state index >= 15 is 8.78 Å². The molecule has 1 aliphatic carbocycles. The summed E-state index contributed by atoms with van der Waals surface area (Å²) >= 11 is 11.9. The van der Waals surface area contributed by atoms with Crippen molar-refractivity contribution < 1.29 is 23.8 Å². The Labute approximate surface area is 199 Å². The number of hydrogen-bond acceptors (Lipinski definition) is 4. The van der Waals surface area contributed by atoms with Crippen molar-refractivity contribution in [1.29, 1.82) is 5.26 Å². The number of hydrogen-bond donors (Lipinski definition) is 3. The second-order valence-electron chi connectivity index (χ2n) is 8.99. The Morgan fingerprint density at radius 1 is 1.27 bits per heavy atom. The molecule has 2 fully saturated rings. The van der Waals surface area contributed by atoms with Gasteiger partial charge in [-0.1, -0.05) is 47.8 Å². The van der Waals surface area contributed by atoms with Crippen LogP contribution in [-0.4, -0.2) is 33.9 Å². The molecule has 2 aromatic rings. The lowest BCUT2D eigenvalue weighted by atomic mass is 9.58. The first-order valence-electron chi connectivity index (χ1n) is 10.6. The fourth-order valence-electron chi connectivity index (χ4n) is 5.45. The molecule has 0 aromatic heterocycles. The summed E-state index contributed by atoms with van der Waals surface area (Å²) < 4.78 is 30.6. The molecular formula is C24H22Cl2F2N2O3. The normalized spacial score (nSPS) is 29.2. The van der Waals surface area contributed by atoms with Gasteiger partial charge < -0.3 is 10.2 Å². The number of carboxylic acids is 1. The maximum absolute atomic E-state index is 15.4. The largest absolute Gasteiger partial charge is 0.480 e. The number of halogens is 4. The van der Waals surface area contributed by atoms with Crippen molar-refractivity contribution in [2.75, 3.05) is 0 Å². The van der Waals surface area contributed by atoms with Gasteiger partial charge in [0.05, 0.1) is 22.7 Å². The van der Waals surface area contributed by atoms with Crippen molar-refractivity contribution in [1.82, 2.24) is 5.32 Å². The summed E-state index contributed by atoms with van der Waals surface area (Å²) in [7, 11) is 0. The minimum atomic E-state index is -1.98. The SMILES string of the molecule is CC(O)(C1CCC1)[C@@H]1N[C@H](C(=O)O)[C@@H](c2cccc(Cl)c2F)[C@]1(C#N)c1ccc(Cl)cc1F. The number of carboxylic acid groups (broad SMARTS) is 1. The van der Waals surface area contributed by atoms with Gasteiger partial charge in [0.2, 0.25) is 0 Å². The molecule has 0 amide bonds. The molecule has 0 bridgehead atoms. The molecule has 1 saturated heterocycles. The topological polar surface area (TPSA) is 93.3 Å². The number of rotatable bonds is 5. The Balaban J connectivity index is 2.05. The Morgan fingerprint density at radius 2 is 1.97 bits per heavy atom. The molecule has 5 nitrogen and oxygen atoms in total. The number of nitriles is 1. The monoisotopic (exact) mass is 494 g/mol. The molecule has 1 aliphatic heterocycles. The van der Waals surface area contributed by atoms with E-state index in [1.807, 2.05) is 0 Å². The van der Waals surface area contributed by atoms with E-state index < -0.39 is 46.6 Å². The summed E-state index contributed by atoms with van der Waals surface area (Å²) in [5.74, 6) is -4.74. The summed E-state index contributed by atoms with van der Waals surface area (Å²) in [6.45, 7) is 1.52. The molecule has 1 saturated carbocycles. The van der Waals surface area contributed by atoms with Crippen LogP contribution in [0.25, 0.3) is 0 Å². The van der Waals surface area contributed by atoms with Crippen LogP contribution in [0.1, 0.15) is 43.2 Å². The number of nitrogens with zero attached hydrogens (tertiary/aromatic N) is 1. The van der Waals surface area contributed by atoms with Gasteiger partial charge >= 0.3 is 5.97 Å². The molecule has 4 rings (SSSR count). The van der Waals surface area contributed by atoms with E-state index in [1.165, 1.54) is 37.3 Å². The Bertz CT molecular complexity index is 1150. The van der Waals surface area contributed by atoms with Crippen LogP contribution < -0.4 is 5.32 Å². The summed E-state index contributed by atoms with van der Waals surface area (Å²) in [5.41, 5.74) is -3.88. The standard InChI is InChI=1S/C24H22Cl2F2N2O3/c1-23(33,12-4-2-5-12)22-24(11-29,15-9-8-13(25)10-17(15)27)18(20(30-22)21(31)32)14-6-3-7-16(26)19(14)28/h3,6-10,12,18,20,22,30,33H,2,4-5H2,1H3,(H,31,32)/t18-,20+,22+,23?,24+/m1/s1. The Kier molecular flexibility index (Phi) is 6.17. The minimum absolute atomic E-state index is 0.0814. The van der Waals surface area contributed by atoms with Crippen LogP contribution in [0, 0.1) is 28.9 Å². The van der Waals surface area contributed by atoms with Gasteiger partial charge in [-0.05, 0) is 49.4 Å². The molecule has 2 aromatic carbocycles. The van der Waals surface area contributed by atoms with E-state index in [4.69, 9.17) is 23.2 Å². The van der Waals surface area contributed by atoms with Crippen LogP contribution in [0.15, 0.2) is 36.4 Å². The molecular weight excluding hydrogens is 473 g/mol. The predicted octanol–water partition coefficient (Wildman–Crippen LogP) is 4.79. The lowest BCUT2D eigenvalue weighted by Gasteiger charge is -2.48. The zero-order chi connectivity index (χ0) is 24.1. The molecule has 9 heteroatoms. The first-order chi connectivity index (χ1) is 15.6. The number of aliphatic carboxylic acids is 1. The predicted molar refractivity (Wildman–Crippen MR) is 119 cm³/mol. The molecule has 33 heavy (non-hydrogen) atoms. The maximum Gasteiger partial charge on any atom is 0.321 e. The van der Waals surface area contributed by atoms with E-state index in [0.717, 1.165) is 12.5 Å². The van der Waals surface area contributed by atoms with Gasteiger partial charge in [0.25, 0.3) is 0 Å². The van der Waals surface area contributed by atoms with Crippen molar-refractivity contribution in [3.8, 4) is 6.07 Å². The highest BCUT2D eigenvalue weighted by Crippen LogP contribution is 2.55. The van der Waals surface area contributed by atoms with Gasteiger partial charge in [-0.25, -0.2) is 8.78 Å². The summed E-state index contributed by atoms with van der Waals surface area (Å²) in [4.78, 5) is 12.4. The molecule has 2 aliphatic rings. The van der Waals surface area contributed by atoms with Gasteiger partial charge in [-0.15, -0.1) is 0 Å². The van der Waals surface area contributed by atoms with Gasteiger partial charge in [-0.2, -0.15) is 5.26 Å². The molecule has 5 atom stereocenters. The first-order valence-corrected chi connectivity index (χ1v) is 11.3. The second-order valence-corrected chi connectivity index (χ2v) is 9.84. The highest BCUT2D eigenvalue weighted by molar-refractivity contribution is 6.31. The van der Waals surface area contributed by atoms with Crippen LogP contribution >= 0.6 is 23.2 Å². The number of aliphatic hydroxyl groups is 1. The van der Waals surface area contributed by atoms with E-state index in [0.29, 0.717) is 12.8 Å². The van der Waals surface area contributed by atoms with Crippen LogP contribution in [0.5, 0.6) is 0 Å². The van der Waals surface area contributed by atoms with Crippen LogP contribution in [0.3, 0.4) is 0 Å². The van der Waals surface area contributed by atoms with Crippen molar-refractivity contribution >= 4 is 29.2 Å². The number of nitrogens with one attached hydrogen (secondary N) is 1. The fourth-order valence-corrected chi connectivity index (χ4v) is 5.79. The molecule has 1 heterocycles. The van der Waals surface area contributed by atoms with Crippen molar-refractivity contribution in [3.05, 3.63) is 69.2 Å². The van der Waals surface area contributed by atoms with Gasteiger partial charge in [0, 0.05) is 16.5 Å². The first kappa shape index (κ1) is 23.9.